The minimum Gasteiger partial charge on any atom is -0.352 e. The van der Waals surface area contributed by atoms with Crippen LogP contribution >= 0.6 is 11.8 Å². The van der Waals surface area contributed by atoms with Gasteiger partial charge < -0.3 is 9.80 Å². The monoisotopic (exact) mass is 369 g/mol. The summed E-state index contributed by atoms with van der Waals surface area (Å²) in [5.74, 6) is 3.95. The molecule has 5 rings (SSSR count). The molecule has 8 nitrogen and oxygen atoms in total. The number of pyridine rings is 1. The Morgan fingerprint density at radius 2 is 1.81 bits per heavy atom. The van der Waals surface area contributed by atoms with Crippen LogP contribution in [-0.4, -0.2) is 56.4 Å². The van der Waals surface area contributed by atoms with Crippen molar-refractivity contribution < 1.29 is 4.63 Å². The highest BCUT2D eigenvalue weighted by Crippen LogP contribution is 2.39. The standard InChI is InChI=1S/C17H19N7OS/c1-2-6-18-12(4-1)13-5-3-7-24(13)17-16(23-8-10-26-11-9-23)19-14-15(20-17)22-25-21-14/h1-2,4,6,13H,3,5,7-11H2/t13-/m1/s1. The van der Waals surface area contributed by atoms with E-state index in [0.29, 0.717) is 11.3 Å². The summed E-state index contributed by atoms with van der Waals surface area (Å²) >= 11 is 1.97. The van der Waals surface area contributed by atoms with E-state index in [1.165, 1.54) is 0 Å². The number of anilines is 2. The fourth-order valence-corrected chi connectivity index (χ4v) is 4.60. The molecular weight excluding hydrogens is 350 g/mol. The fourth-order valence-electron chi connectivity index (χ4n) is 3.70. The number of aromatic nitrogens is 5. The number of nitrogens with zero attached hydrogens (tertiary/aromatic N) is 7. The van der Waals surface area contributed by atoms with E-state index in [0.717, 1.165) is 61.3 Å². The van der Waals surface area contributed by atoms with E-state index in [1.807, 2.05) is 30.1 Å². The van der Waals surface area contributed by atoms with Crippen molar-refractivity contribution in [1.29, 1.82) is 0 Å². The van der Waals surface area contributed by atoms with Gasteiger partial charge in [0.2, 0.25) is 11.3 Å². The second-order valence-electron chi connectivity index (χ2n) is 6.49. The lowest BCUT2D eigenvalue weighted by molar-refractivity contribution is 0.314. The zero-order valence-corrected chi connectivity index (χ0v) is 15.1. The third-order valence-corrected chi connectivity index (χ3v) is 5.89. The van der Waals surface area contributed by atoms with Crippen LogP contribution in [-0.2, 0) is 0 Å². The molecule has 0 aliphatic carbocycles. The zero-order valence-electron chi connectivity index (χ0n) is 14.3. The second kappa shape index (κ2) is 6.71. The molecule has 2 fully saturated rings. The third kappa shape index (κ3) is 2.76. The first kappa shape index (κ1) is 15.8. The van der Waals surface area contributed by atoms with Gasteiger partial charge in [-0.2, -0.15) is 11.8 Å². The van der Waals surface area contributed by atoms with E-state index in [2.05, 4.69) is 31.2 Å². The minimum absolute atomic E-state index is 0.209. The lowest BCUT2D eigenvalue weighted by Crippen LogP contribution is -2.36. The van der Waals surface area contributed by atoms with Crippen LogP contribution in [0, 0.1) is 0 Å². The maximum absolute atomic E-state index is 4.86. The van der Waals surface area contributed by atoms with E-state index in [9.17, 15) is 0 Å². The molecule has 26 heavy (non-hydrogen) atoms. The molecule has 0 saturated carbocycles. The van der Waals surface area contributed by atoms with Gasteiger partial charge in [-0.15, -0.1) is 0 Å². The highest BCUT2D eigenvalue weighted by molar-refractivity contribution is 7.99. The van der Waals surface area contributed by atoms with Gasteiger partial charge in [-0.3, -0.25) is 4.98 Å². The van der Waals surface area contributed by atoms with Crippen molar-refractivity contribution in [3.63, 3.8) is 0 Å². The predicted octanol–water partition coefficient (Wildman–Crippen LogP) is 2.30. The molecule has 0 N–H and O–H groups in total. The quantitative estimate of drug-likeness (QED) is 0.690. The maximum Gasteiger partial charge on any atom is 0.245 e. The van der Waals surface area contributed by atoms with Gasteiger partial charge in [0.15, 0.2) is 11.6 Å². The Labute approximate surface area is 155 Å². The van der Waals surface area contributed by atoms with E-state index in [4.69, 9.17) is 14.6 Å². The van der Waals surface area contributed by atoms with Gasteiger partial charge in [0.25, 0.3) is 0 Å². The van der Waals surface area contributed by atoms with Gasteiger partial charge in [0.05, 0.1) is 11.7 Å². The van der Waals surface area contributed by atoms with Crippen molar-refractivity contribution in [2.24, 2.45) is 0 Å². The van der Waals surface area contributed by atoms with Crippen molar-refractivity contribution in [3.05, 3.63) is 30.1 Å². The van der Waals surface area contributed by atoms with Crippen molar-refractivity contribution in [1.82, 2.24) is 25.3 Å². The lowest BCUT2D eigenvalue weighted by atomic mass is 10.1. The Morgan fingerprint density at radius 3 is 2.58 bits per heavy atom. The first-order valence-electron chi connectivity index (χ1n) is 8.91. The van der Waals surface area contributed by atoms with Crippen LogP contribution < -0.4 is 9.80 Å². The molecule has 0 amide bonds. The fraction of sp³-hybridized carbons (Fsp3) is 0.471. The topological polar surface area (TPSA) is 84.1 Å². The summed E-state index contributed by atoms with van der Waals surface area (Å²) in [4.78, 5) is 18.7. The predicted molar refractivity (Wildman–Crippen MR) is 100 cm³/mol. The Balaban J connectivity index is 1.60. The summed E-state index contributed by atoms with van der Waals surface area (Å²) in [5, 5.41) is 7.81. The summed E-state index contributed by atoms with van der Waals surface area (Å²) in [6.45, 7) is 2.86. The van der Waals surface area contributed by atoms with Crippen molar-refractivity contribution >= 4 is 34.7 Å². The molecule has 0 bridgehead atoms. The number of fused-ring (bicyclic) bond motifs is 1. The van der Waals surface area contributed by atoms with Crippen LogP contribution in [0.15, 0.2) is 29.0 Å². The number of hydrogen-bond donors (Lipinski definition) is 0. The first-order chi connectivity index (χ1) is 12.9. The molecule has 2 aliphatic heterocycles. The van der Waals surface area contributed by atoms with Crippen LogP contribution in [0.4, 0.5) is 11.6 Å². The lowest BCUT2D eigenvalue weighted by Gasteiger charge is -2.32. The summed E-state index contributed by atoms with van der Waals surface area (Å²) in [7, 11) is 0. The average molecular weight is 369 g/mol. The van der Waals surface area contributed by atoms with Gasteiger partial charge in [-0.1, -0.05) is 6.07 Å². The van der Waals surface area contributed by atoms with E-state index in [-0.39, 0.29) is 6.04 Å². The highest BCUT2D eigenvalue weighted by atomic mass is 32.2. The van der Waals surface area contributed by atoms with Crippen LogP contribution in [0.1, 0.15) is 24.6 Å². The zero-order chi connectivity index (χ0) is 17.3. The van der Waals surface area contributed by atoms with Crippen molar-refractivity contribution in [2.45, 2.75) is 18.9 Å². The molecule has 1 atom stereocenters. The molecule has 0 spiro atoms. The summed E-state index contributed by atoms with van der Waals surface area (Å²) in [5.41, 5.74) is 2.00. The maximum atomic E-state index is 4.86. The minimum atomic E-state index is 0.209. The summed E-state index contributed by atoms with van der Waals surface area (Å²) in [6, 6.07) is 6.29. The molecule has 2 aliphatic rings. The second-order valence-corrected chi connectivity index (χ2v) is 7.71. The average Bonchev–Trinajstić information content (AvgIpc) is 3.37. The van der Waals surface area contributed by atoms with Gasteiger partial charge in [0, 0.05) is 37.3 Å². The third-order valence-electron chi connectivity index (χ3n) is 4.94. The molecule has 5 heterocycles. The molecule has 2 saturated heterocycles. The molecular formula is C17H19N7OS. The first-order valence-corrected chi connectivity index (χ1v) is 10.1. The molecule has 0 unspecified atom stereocenters. The largest absolute Gasteiger partial charge is 0.352 e. The smallest absolute Gasteiger partial charge is 0.245 e. The Bertz CT molecular complexity index is 897. The van der Waals surface area contributed by atoms with Crippen molar-refractivity contribution in [3.8, 4) is 0 Å². The van der Waals surface area contributed by atoms with Crippen LogP contribution in [0.5, 0.6) is 0 Å². The van der Waals surface area contributed by atoms with Crippen LogP contribution in [0.3, 0.4) is 0 Å². The summed E-state index contributed by atoms with van der Waals surface area (Å²) < 4.78 is 4.86. The van der Waals surface area contributed by atoms with E-state index < -0.39 is 0 Å². The van der Waals surface area contributed by atoms with Gasteiger partial charge in [-0.25, -0.2) is 14.6 Å². The molecule has 3 aromatic heterocycles. The van der Waals surface area contributed by atoms with E-state index >= 15 is 0 Å². The Kier molecular flexibility index (Phi) is 4.08. The number of thioether (sulfide) groups is 1. The van der Waals surface area contributed by atoms with Gasteiger partial charge >= 0.3 is 0 Å². The van der Waals surface area contributed by atoms with Crippen LogP contribution in [0.2, 0.25) is 0 Å². The molecule has 0 radical (unpaired) electrons. The molecule has 0 aromatic carbocycles. The highest BCUT2D eigenvalue weighted by Gasteiger charge is 2.32. The van der Waals surface area contributed by atoms with Crippen molar-refractivity contribution in [2.75, 3.05) is 40.9 Å². The Hall–Kier alpha value is -2.42. The summed E-state index contributed by atoms with van der Waals surface area (Å²) in [6.07, 6.45) is 4.02. The van der Waals surface area contributed by atoms with Gasteiger partial charge in [-0.05, 0) is 35.3 Å². The number of hydrogen-bond acceptors (Lipinski definition) is 9. The van der Waals surface area contributed by atoms with E-state index in [1.54, 1.807) is 0 Å². The van der Waals surface area contributed by atoms with Gasteiger partial charge in [0.1, 0.15) is 0 Å². The molecule has 134 valence electrons. The number of rotatable bonds is 3. The Morgan fingerprint density at radius 1 is 1.00 bits per heavy atom. The molecule has 9 heteroatoms. The SMILES string of the molecule is c1ccc([C@H]2CCCN2c2nc3nonc3nc2N2CCSCC2)nc1. The molecule has 3 aromatic rings. The van der Waals surface area contributed by atoms with Crippen LogP contribution in [0.25, 0.3) is 11.3 Å². The normalized spacial score (nSPS) is 20.8.